The number of hydrogen-bond donors (Lipinski definition) is 1. The smallest absolute Gasteiger partial charge is 0.261 e. The molecule has 3 aromatic carbocycles. The van der Waals surface area contributed by atoms with Crippen LogP contribution in [-0.2, 0) is 9.59 Å². The molecule has 0 bridgehead atoms. The zero-order chi connectivity index (χ0) is 28.6. The van der Waals surface area contributed by atoms with Crippen LogP contribution >= 0.6 is 0 Å². The first-order chi connectivity index (χ1) is 19.4. The summed E-state index contributed by atoms with van der Waals surface area (Å²) < 4.78 is 16.6. The number of ether oxygens (including phenoxy) is 3. The third-order valence-electron chi connectivity index (χ3n) is 6.77. The molecule has 0 atom stereocenters. The number of piperazine rings is 1. The second-order valence-corrected chi connectivity index (χ2v) is 9.18. The standard InChI is InChI=1S/C31H33N3O6/c1-21(35)22-10-12-24(13-11-22)33-16-18-34(19-17-33)31(37)26(30(36)32-23-8-6-5-7-9-23)20-25-27(38-2)14-15-28(39-3)29(25)40-4/h5-15,20H,16-19H2,1-4H3,(H,32,36)/b26-20-. The van der Waals surface area contributed by atoms with E-state index in [2.05, 4.69) is 10.2 Å². The summed E-state index contributed by atoms with van der Waals surface area (Å²) in [5.41, 5.74) is 2.54. The van der Waals surface area contributed by atoms with Crippen LogP contribution in [0.4, 0.5) is 11.4 Å². The Morgan fingerprint density at radius 3 is 1.98 bits per heavy atom. The molecule has 0 aliphatic carbocycles. The molecule has 208 valence electrons. The molecule has 0 saturated carbocycles. The largest absolute Gasteiger partial charge is 0.496 e. The number of ketones is 1. The average Bonchev–Trinajstić information content (AvgIpc) is 2.99. The lowest BCUT2D eigenvalue weighted by molar-refractivity contribution is -0.129. The molecular formula is C31H33N3O6. The molecular weight excluding hydrogens is 510 g/mol. The molecule has 9 nitrogen and oxygen atoms in total. The summed E-state index contributed by atoms with van der Waals surface area (Å²) in [4.78, 5) is 42.9. The van der Waals surface area contributed by atoms with Gasteiger partial charge in [-0.15, -0.1) is 0 Å². The minimum Gasteiger partial charge on any atom is -0.496 e. The van der Waals surface area contributed by atoms with Crippen LogP contribution in [0.15, 0.2) is 72.3 Å². The number of nitrogens with zero attached hydrogens (tertiary/aromatic N) is 2. The van der Waals surface area contributed by atoms with E-state index in [0.717, 1.165) is 5.69 Å². The summed E-state index contributed by atoms with van der Waals surface area (Å²) >= 11 is 0. The van der Waals surface area contributed by atoms with Crippen LogP contribution < -0.4 is 24.4 Å². The SMILES string of the molecule is COc1ccc(OC)c(OC)c1/C=C(/C(=O)Nc1ccccc1)C(=O)N1CCN(c2ccc(C(C)=O)cc2)CC1. The van der Waals surface area contributed by atoms with E-state index < -0.39 is 11.8 Å². The van der Waals surface area contributed by atoms with E-state index in [0.29, 0.717) is 60.2 Å². The number of methoxy groups -OCH3 is 3. The molecule has 1 aliphatic heterocycles. The number of amides is 2. The highest BCUT2D eigenvalue weighted by atomic mass is 16.5. The lowest BCUT2D eigenvalue weighted by Gasteiger charge is -2.36. The van der Waals surface area contributed by atoms with Crippen LogP contribution in [0, 0.1) is 0 Å². The van der Waals surface area contributed by atoms with Crippen molar-refractivity contribution in [2.75, 3.05) is 57.7 Å². The van der Waals surface area contributed by atoms with E-state index in [9.17, 15) is 14.4 Å². The van der Waals surface area contributed by atoms with Gasteiger partial charge in [0.25, 0.3) is 11.8 Å². The highest BCUT2D eigenvalue weighted by molar-refractivity contribution is 6.25. The molecule has 1 fully saturated rings. The van der Waals surface area contributed by atoms with Gasteiger partial charge in [-0.1, -0.05) is 18.2 Å². The Labute approximate surface area is 233 Å². The van der Waals surface area contributed by atoms with Gasteiger partial charge in [0.15, 0.2) is 17.3 Å². The summed E-state index contributed by atoms with van der Waals surface area (Å²) in [5, 5.41) is 2.83. The van der Waals surface area contributed by atoms with Crippen molar-refractivity contribution in [1.82, 2.24) is 4.90 Å². The van der Waals surface area contributed by atoms with Crippen molar-refractivity contribution in [2.24, 2.45) is 0 Å². The highest BCUT2D eigenvalue weighted by Crippen LogP contribution is 2.39. The lowest BCUT2D eigenvalue weighted by atomic mass is 10.0. The van der Waals surface area contributed by atoms with Crippen LogP contribution in [0.25, 0.3) is 6.08 Å². The zero-order valence-electron chi connectivity index (χ0n) is 23.1. The predicted molar refractivity (Wildman–Crippen MR) is 154 cm³/mol. The Morgan fingerprint density at radius 1 is 0.775 bits per heavy atom. The normalized spacial score (nSPS) is 13.4. The van der Waals surface area contributed by atoms with E-state index in [-0.39, 0.29) is 11.4 Å². The number of para-hydroxylation sites is 1. The third-order valence-corrected chi connectivity index (χ3v) is 6.77. The Balaban J connectivity index is 1.63. The number of carbonyl (C=O) groups excluding carboxylic acids is 3. The fourth-order valence-corrected chi connectivity index (χ4v) is 4.58. The number of hydrogen-bond acceptors (Lipinski definition) is 7. The Morgan fingerprint density at radius 2 is 1.40 bits per heavy atom. The van der Waals surface area contributed by atoms with Crippen LogP contribution in [-0.4, -0.2) is 70.0 Å². The maximum atomic E-state index is 13.9. The predicted octanol–water partition coefficient (Wildman–Crippen LogP) is 4.29. The van der Waals surface area contributed by atoms with Gasteiger partial charge in [-0.2, -0.15) is 0 Å². The van der Waals surface area contributed by atoms with Crippen molar-refractivity contribution >= 4 is 35.0 Å². The molecule has 1 saturated heterocycles. The Bertz CT molecular complexity index is 1390. The number of Topliss-reactive ketones (excluding diaryl/α,β-unsaturated/α-hetero) is 1. The minimum absolute atomic E-state index is 0.0133. The molecule has 1 N–H and O–H groups in total. The lowest BCUT2D eigenvalue weighted by Crippen LogP contribution is -2.50. The van der Waals surface area contributed by atoms with Crippen LogP contribution in [0.5, 0.6) is 17.2 Å². The number of nitrogens with one attached hydrogen (secondary N) is 1. The summed E-state index contributed by atoms with van der Waals surface area (Å²) in [6, 6.07) is 19.8. The number of benzene rings is 3. The van der Waals surface area contributed by atoms with Gasteiger partial charge < -0.3 is 29.3 Å². The highest BCUT2D eigenvalue weighted by Gasteiger charge is 2.29. The van der Waals surface area contributed by atoms with Crippen molar-refractivity contribution in [1.29, 1.82) is 0 Å². The van der Waals surface area contributed by atoms with Crippen molar-refractivity contribution in [3.63, 3.8) is 0 Å². The minimum atomic E-state index is -0.551. The average molecular weight is 544 g/mol. The summed E-state index contributed by atoms with van der Waals surface area (Å²) in [7, 11) is 4.51. The van der Waals surface area contributed by atoms with Crippen molar-refractivity contribution in [3.8, 4) is 17.2 Å². The Kier molecular flexibility index (Phi) is 9.06. The molecule has 1 aliphatic rings. The van der Waals surface area contributed by atoms with Gasteiger partial charge in [-0.25, -0.2) is 0 Å². The molecule has 40 heavy (non-hydrogen) atoms. The first-order valence-corrected chi connectivity index (χ1v) is 12.9. The van der Waals surface area contributed by atoms with Crippen LogP contribution in [0.2, 0.25) is 0 Å². The first-order valence-electron chi connectivity index (χ1n) is 12.9. The topological polar surface area (TPSA) is 97.4 Å². The van der Waals surface area contributed by atoms with E-state index in [1.807, 2.05) is 18.2 Å². The summed E-state index contributed by atoms with van der Waals surface area (Å²) in [5.74, 6) is 0.263. The fourth-order valence-electron chi connectivity index (χ4n) is 4.58. The molecule has 0 unspecified atom stereocenters. The molecule has 9 heteroatoms. The van der Waals surface area contributed by atoms with Gasteiger partial charge in [0.2, 0.25) is 0 Å². The van der Waals surface area contributed by atoms with E-state index in [4.69, 9.17) is 14.2 Å². The maximum absolute atomic E-state index is 13.9. The Hall–Kier alpha value is -4.79. The van der Waals surface area contributed by atoms with Gasteiger partial charge in [-0.3, -0.25) is 14.4 Å². The molecule has 0 aromatic heterocycles. The summed E-state index contributed by atoms with van der Waals surface area (Å²) in [6.45, 7) is 3.51. The van der Waals surface area contributed by atoms with Gasteiger partial charge in [0.1, 0.15) is 11.3 Å². The van der Waals surface area contributed by atoms with E-state index in [1.165, 1.54) is 34.3 Å². The quantitative estimate of drug-likeness (QED) is 0.186. The molecule has 1 heterocycles. The summed E-state index contributed by atoms with van der Waals surface area (Å²) in [6.07, 6.45) is 1.49. The molecule has 4 rings (SSSR count). The van der Waals surface area contributed by atoms with Gasteiger partial charge in [-0.05, 0) is 61.5 Å². The second-order valence-electron chi connectivity index (χ2n) is 9.18. The zero-order valence-corrected chi connectivity index (χ0v) is 23.1. The van der Waals surface area contributed by atoms with Crippen molar-refractivity contribution in [3.05, 3.63) is 83.4 Å². The van der Waals surface area contributed by atoms with Crippen LogP contribution in [0.1, 0.15) is 22.8 Å². The molecule has 3 aromatic rings. The van der Waals surface area contributed by atoms with Crippen LogP contribution in [0.3, 0.4) is 0 Å². The molecule has 0 radical (unpaired) electrons. The van der Waals surface area contributed by atoms with Gasteiger partial charge in [0, 0.05) is 43.1 Å². The molecule has 0 spiro atoms. The van der Waals surface area contributed by atoms with E-state index in [1.54, 1.807) is 53.4 Å². The van der Waals surface area contributed by atoms with E-state index >= 15 is 0 Å². The van der Waals surface area contributed by atoms with Gasteiger partial charge in [0.05, 0.1) is 26.9 Å². The van der Waals surface area contributed by atoms with Crippen molar-refractivity contribution < 1.29 is 28.6 Å². The number of anilines is 2. The monoisotopic (exact) mass is 543 g/mol. The third kappa shape index (κ3) is 6.26. The first kappa shape index (κ1) is 28.2. The second kappa shape index (κ2) is 12.8. The fraction of sp³-hybridized carbons (Fsp3) is 0.258. The number of carbonyl (C=O) groups is 3. The number of rotatable bonds is 9. The maximum Gasteiger partial charge on any atom is 0.261 e. The van der Waals surface area contributed by atoms with Crippen molar-refractivity contribution in [2.45, 2.75) is 6.92 Å². The molecule has 2 amide bonds. The van der Waals surface area contributed by atoms with Gasteiger partial charge >= 0.3 is 0 Å².